The van der Waals surface area contributed by atoms with E-state index in [1.54, 1.807) is 30.9 Å². The van der Waals surface area contributed by atoms with Crippen molar-refractivity contribution in [3.05, 3.63) is 84.3 Å². The molecule has 10 heteroatoms. The number of amides is 3. The molecule has 2 heterocycles. The lowest BCUT2D eigenvalue weighted by molar-refractivity contribution is -0.135. The fourth-order valence-electron chi connectivity index (χ4n) is 4.73. The van der Waals surface area contributed by atoms with Crippen LogP contribution in [0.1, 0.15) is 57.7 Å². The summed E-state index contributed by atoms with van der Waals surface area (Å²) >= 11 is 0. The number of hydrogen-bond acceptors (Lipinski definition) is 6. The maximum atomic E-state index is 13.8. The Labute approximate surface area is 247 Å². The van der Waals surface area contributed by atoms with E-state index in [0.717, 1.165) is 24.0 Å². The number of rotatable bonds is 11. The van der Waals surface area contributed by atoms with Crippen molar-refractivity contribution >= 4 is 23.5 Å². The Bertz CT molecular complexity index is 1340. The van der Waals surface area contributed by atoms with Crippen LogP contribution < -0.4 is 16.4 Å². The molecule has 1 aromatic heterocycles. The summed E-state index contributed by atoms with van der Waals surface area (Å²) < 4.78 is 7.49. The lowest BCUT2D eigenvalue weighted by Gasteiger charge is -2.38. The van der Waals surface area contributed by atoms with Gasteiger partial charge in [0.15, 0.2) is 5.82 Å². The number of carbonyl (C=O) groups excluding carboxylic acids is 3. The molecule has 1 aliphatic rings. The highest BCUT2D eigenvalue weighted by Gasteiger charge is 2.33. The van der Waals surface area contributed by atoms with E-state index >= 15 is 0 Å². The number of piperidine rings is 1. The molecule has 4 rings (SSSR count). The molecule has 0 spiro atoms. The van der Waals surface area contributed by atoms with E-state index in [0.29, 0.717) is 13.1 Å². The average molecular weight is 575 g/mol. The van der Waals surface area contributed by atoms with Crippen molar-refractivity contribution in [1.82, 2.24) is 19.8 Å². The largest absolute Gasteiger partial charge is 0.374 e. The van der Waals surface area contributed by atoms with Gasteiger partial charge in [-0.2, -0.15) is 0 Å². The van der Waals surface area contributed by atoms with Gasteiger partial charge >= 0.3 is 0 Å². The topological polar surface area (TPSA) is 132 Å². The maximum Gasteiger partial charge on any atom is 0.250 e. The van der Waals surface area contributed by atoms with Crippen LogP contribution in [0.4, 0.5) is 5.82 Å². The first-order chi connectivity index (χ1) is 19.9. The third kappa shape index (κ3) is 8.27. The van der Waals surface area contributed by atoms with Gasteiger partial charge in [-0.05, 0) is 43.2 Å². The van der Waals surface area contributed by atoms with E-state index in [9.17, 15) is 14.4 Å². The zero-order chi connectivity index (χ0) is 30.3. The highest BCUT2D eigenvalue weighted by Crippen LogP contribution is 2.32. The summed E-state index contributed by atoms with van der Waals surface area (Å²) in [5.41, 5.74) is 6.75. The van der Waals surface area contributed by atoms with E-state index in [4.69, 9.17) is 10.5 Å². The third-order valence-electron chi connectivity index (χ3n) is 7.53. The second kappa shape index (κ2) is 13.3. The molecule has 1 aliphatic heterocycles. The zero-order valence-electron chi connectivity index (χ0n) is 24.9. The molecule has 3 aromatic rings. The second-order valence-corrected chi connectivity index (χ2v) is 12.2. The molecule has 3 amide bonds. The smallest absolute Gasteiger partial charge is 0.250 e. The third-order valence-corrected chi connectivity index (χ3v) is 7.53. The van der Waals surface area contributed by atoms with E-state index in [1.807, 2.05) is 65.6 Å². The normalized spacial score (nSPS) is 16.4. The molecule has 1 fully saturated rings. The minimum Gasteiger partial charge on any atom is -0.374 e. The minimum absolute atomic E-state index is 0.0170. The van der Waals surface area contributed by atoms with Crippen LogP contribution in [-0.4, -0.2) is 63.4 Å². The summed E-state index contributed by atoms with van der Waals surface area (Å²) in [6.07, 6.45) is 5.05. The van der Waals surface area contributed by atoms with Crippen LogP contribution in [-0.2, 0) is 25.7 Å². The number of nitrogens with two attached hydrogens (primary N) is 1. The summed E-state index contributed by atoms with van der Waals surface area (Å²) in [7, 11) is 0. The first-order valence-corrected chi connectivity index (χ1v) is 14.3. The molecule has 0 radical (unpaired) electrons. The molecule has 0 bridgehead atoms. The number of likely N-dealkylation sites (tertiary alicyclic amines) is 1. The Morgan fingerprint density at radius 1 is 1.02 bits per heavy atom. The highest BCUT2D eigenvalue weighted by atomic mass is 16.5. The standard InChI is InChI=1S/C32H42N6O4/c1-31(2)15-17-37(18-16-31)29(40)27(24-13-9-6-10-14-24)38-19-26(34-22-38)36-28(39)25(35-30(41)32(3,4)33)21-42-20-23-11-7-5-8-12-23/h5-14,19,22,25,27H,15-18,20-21,33H2,1-4H3,(H,35,41)(H,36,39). The molecule has 0 saturated carbocycles. The van der Waals surface area contributed by atoms with Crippen LogP contribution in [0, 0.1) is 5.41 Å². The Morgan fingerprint density at radius 3 is 2.26 bits per heavy atom. The van der Waals surface area contributed by atoms with Gasteiger partial charge in [-0.3, -0.25) is 14.4 Å². The summed E-state index contributed by atoms with van der Waals surface area (Å²) in [4.78, 5) is 46.1. The molecular weight excluding hydrogens is 532 g/mol. The van der Waals surface area contributed by atoms with Crippen LogP contribution in [0.2, 0.25) is 0 Å². The summed E-state index contributed by atoms with van der Waals surface area (Å²) in [6, 6.07) is 17.4. The van der Waals surface area contributed by atoms with Crippen LogP contribution in [0.25, 0.3) is 0 Å². The molecular formula is C32H42N6O4. The van der Waals surface area contributed by atoms with Crippen molar-refractivity contribution in [2.45, 2.75) is 64.8 Å². The number of ether oxygens (including phenoxy) is 1. The predicted molar refractivity (Wildman–Crippen MR) is 161 cm³/mol. The lowest BCUT2D eigenvalue weighted by Crippen LogP contribution is -2.56. The molecule has 224 valence electrons. The van der Waals surface area contributed by atoms with Gasteiger partial charge in [-0.15, -0.1) is 0 Å². The monoisotopic (exact) mass is 574 g/mol. The van der Waals surface area contributed by atoms with Gasteiger partial charge in [-0.1, -0.05) is 74.5 Å². The number of nitrogens with zero attached hydrogens (tertiary/aromatic N) is 3. The van der Waals surface area contributed by atoms with Crippen molar-refractivity contribution in [3.8, 4) is 0 Å². The molecule has 10 nitrogen and oxygen atoms in total. The van der Waals surface area contributed by atoms with Crippen LogP contribution in [0.15, 0.2) is 73.2 Å². The van der Waals surface area contributed by atoms with Gasteiger partial charge in [0.25, 0.3) is 5.91 Å². The first kappa shape index (κ1) is 30.9. The van der Waals surface area contributed by atoms with E-state index in [-0.39, 0.29) is 30.4 Å². The number of benzene rings is 2. The van der Waals surface area contributed by atoms with Gasteiger partial charge in [0.05, 0.1) is 25.1 Å². The summed E-state index contributed by atoms with van der Waals surface area (Å²) in [5, 5.41) is 5.46. The maximum absolute atomic E-state index is 13.8. The Kier molecular flexibility index (Phi) is 9.80. The minimum atomic E-state index is -1.19. The highest BCUT2D eigenvalue weighted by molar-refractivity contribution is 5.98. The van der Waals surface area contributed by atoms with Gasteiger partial charge in [-0.25, -0.2) is 4.98 Å². The van der Waals surface area contributed by atoms with E-state index in [1.165, 1.54) is 0 Å². The SMILES string of the molecule is CC1(C)CCN(C(=O)C(c2ccccc2)n2cnc(NC(=O)C(COCc3ccccc3)NC(=O)C(C)(C)N)c2)CC1. The fraction of sp³-hybridized carbons (Fsp3) is 0.438. The van der Waals surface area contributed by atoms with Crippen molar-refractivity contribution in [1.29, 1.82) is 0 Å². The van der Waals surface area contributed by atoms with Gasteiger partial charge in [0, 0.05) is 19.3 Å². The van der Waals surface area contributed by atoms with Crippen molar-refractivity contribution in [2.24, 2.45) is 11.1 Å². The van der Waals surface area contributed by atoms with Crippen LogP contribution >= 0.6 is 0 Å². The zero-order valence-corrected chi connectivity index (χ0v) is 24.9. The summed E-state index contributed by atoms with van der Waals surface area (Å²) in [6.45, 7) is 9.16. The average Bonchev–Trinajstić information content (AvgIpc) is 3.40. The van der Waals surface area contributed by atoms with Gasteiger partial charge < -0.3 is 30.6 Å². The Hall–Kier alpha value is -4.02. The molecule has 4 N–H and O–H groups in total. The Morgan fingerprint density at radius 2 is 1.64 bits per heavy atom. The molecule has 1 saturated heterocycles. The van der Waals surface area contributed by atoms with Crippen LogP contribution in [0.5, 0.6) is 0 Å². The van der Waals surface area contributed by atoms with E-state index in [2.05, 4.69) is 29.5 Å². The van der Waals surface area contributed by atoms with Crippen LogP contribution in [0.3, 0.4) is 0 Å². The number of anilines is 1. The molecule has 0 aliphatic carbocycles. The van der Waals surface area contributed by atoms with Crippen molar-refractivity contribution in [2.75, 3.05) is 25.0 Å². The lowest BCUT2D eigenvalue weighted by atomic mass is 9.82. The van der Waals surface area contributed by atoms with Gasteiger partial charge in [0.1, 0.15) is 12.1 Å². The Balaban J connectivity index is 1.49. The molecule has 42 heavy (non-hydrogen) atoms. The van der Waals surface area contributed by atoms with Crippen molar-refractivity contribution in [3.63, 3.8) is 0 Å². The van der Waals surface area contributed by atoms with Crippen molar-refractivity contribution < 1.29 is 19.1 Å². The predicted octanol–water partition coefficient (Wildman–Crippen LogP) is 3.50. The summed E-state index contributed by atoms with van der Waals surface area (Å²) in [5.74, 6) is -0.762. The fourth-order valence-corrected chi connectivity index (χ4v) is 4.73. The quantitative estimate of drug-likeness (QED) is 0.321. The number of aromatic nitrogens is 2. The molecule has 2 aromatic carbocycles. The molecule has 2 atom stereocenters. The molecule has 2 unspecified atom stereocenters. The number of carbonyl (C=O) groups is 3. The van der Waals surface area contributed by atoms with E-state index < -0.39 is 29.4 Å². The second-order valence-electron chi connectivity index (χ2n) is 12.2. The number of hydrogen-bond donors (Lipinski definition) is 3. The van der Waals surface area contributed by atoms with Gasteiger partial charge in [0.2, 0.25) is 11.8 Å². The first-order valence-electron chi connectivity index (χ1n) is 14.3. The number of nitrogens with one attached hydrogen (secondary N) is 2. The number of imidazole rings is 1.